The highest BCUT2D eigenvalue weighted by Crippen LogP contribution is 2.43. The number of carbonyl (C=O) groups is 2. The van der Waals surface area contributed by atoms with Gasteiger partial charge in [-0.25, -0.2) is 0 Å². The van der Waals surface area contributed by atoms with Crippen molar-refractivity contribution in [1.29, 1.82) is 0 Å². The van der Waals surface area contributed by atoms with Crippen molar-refractivity contribution in [2.75, 3.05) is 32.3 Å². The number of rotatable bonds is 9. The molecule has 1 amide bonds. The lowest BCUT2D eigenvalue weighted by Crippen LogP contribution is -2.43. The number of nitrogens with zero attached hydrogens (tertiary/aromatic N) is 1. The molecule has 33 heavy (non-hydrogen) atoms. The van der Waals surface area contributed by atoms with E-state index in [4.69, 9.17) is 14.2 Å². The van der Waals surface area contributed by atoms with Crippen LogP contribution in [0.15, 0.2) is 72.8 Å². The van der Waals surface area contributed by atoms with Crippen molar-refractivity contribution in [3.05, 3.63) is 83.9 Å². The van der Waals surface area contributed by atoms with Crippen LogP contribution in [-0.2, 0) is 10.4 Å². The van der Waals surface area contributed by atoms with E-state index in [-0.39, 0.29) is 18.9 Å². The van der Waals surface area contributed by atoms with E-state index in [9.17, 15) is 14.7 Å². The number of methoxy groups -OCH3 is 2. The number of para-hydroxylation sites is 4. The van der Waals surface area contributed by atoms with Crippen LogP contribution in [0.3, 0.4) is 0 Å². The van der Waals surface area contributed by atoms with Gasteiger partial charge >= 0.3 is 0 Å². The van der Waals surface area contributed by atoms with Crippen LogP contribution in [0.2, 0.25) is 0 Å². The molecular weight excluding hydrogens is 422 g/mol. The fourth-order valence-corrected chi connectivity index (χ4v) is 4.09. The van der Waals surface area contributed by atoms with Gasteiger partial charge in [0.05, 0.1) is 38.4 Å². The fraction of sp³-hybridized carbons (Fsp3) is 0.231. The Kier molecular flexibility index (Phi) is 6.33. The van der Waals surface area contributed by atoms with Crippen LogP contribution in [0.4, 0.5) is 5.69 Å². The van der Waals surface area contributed by atoms with Crippen molar-refractivity contribution < 1.29 is 28.9 Å². The molecule has 1 atom stereocenters. The second-order valence-electron chi connectivity index (χ2n) is 7.63. The Labute approximate surface area is 192 Å². The number of amides is 1. The predicted octanol–water partition coefficient (Wildman–Crippen LogP) is 3.59. The highest BCUT2D eigenvalue weighted by molar-refractivity contribution is 6.11. The third-order valence-corrected chi connectivity index (χ3v) is 5.70. The molecule has 0 aliphatic carbocycles. The summed E-state index contributed by atoms with van der Waals surface area (Å²) in [6.07, 6.45) is -0.396. The van der Waals surface area contributed by atoms with Gasteiger partial charge in [0.15, 0.2) is 22.9 Å². The van der Waals surface area contributed by atoms with Gasteiger partial charge in [0.25, 0.3) is 5.91 Å². The van der Waals surface area contributed by atoms with Crippen molar-refractivity contribution >= 4 is 17.4 Å². The molecule has 1 aliphatic rings. The van der Waals surface area contributed by atoms with E-state index in [1.165, 1.54) is 12.0 Å². The molecule has 3 aromatic rings. The molecule has 0 fully saturated rings. The van der Waals surface area contributed by atoms with Gasteiger partial charge in [-0.15, -0.1) is 0 Å². The smallest absolute Gasteiger partial charge is 0.264 e. The first kappa shape index (κ1) is 22.4. The first-order valence-corrected chi connectivity index (χ1v) is 10.6. The van der Waals surface area contributed by atoms with E-state index in [2.05, 4.69) is 0 Å². The van der Waals surface area contributed by atoms with Gasteiger partial charge in [-0.3, -0.25) is 9.59 Å². The number of hydrogen-bond acceptors (Lipinski definition) is 6. The van der Waals surface area contributed by atoms with Crippen LogP contribution < -0.4 is 19.1 Å². The number of benzene rings is 3. The van der Waals surface area contributed by atoms with Gasteiger partial charge in [-0.1, -0.05) is 42.5 Å². The van der Waals surface area contributed by atoms with Gasteiger partial charge in [-0.2, -0.15) is 0 Å². The Bertz CT molecular complexity index is 1180. The lowest BCUT2D eigenvalue weighted by molar-refractivity contribution is -0.135. The molecule has 1 N–H and O–H groups in total. The molecule has 0 saturated heterocycles. The van der Waals surface area contributed by atoms with Gasteiger partial charge in [0.2, 0.25) is 0 Å². The predicted molar refractivity (Wildman–Crippen MR) is 123 cm³/mol. The van der Waals surface area contributed by atoms with Gasteiger partial charge in [-0.05, 0) is 30.3 Å². The fourth-order valence-electron chi connectivity index (χ4n) is 4.09. The zero-order valence-corrected chi connectivity index (χ0v) is 18.5. The molecule has 0 radical (unpaired) electrons. The SMILES string of the molecule is COc1ccccc1OCCN1C(=O)[C@@](O)(CC(=O)c2ccccc2OC)c2ccccc21. The second kappa shape index (κ2) is 9.34. The monoisotopic (exact) mass is 447 g/mol. The number of Topliss-reactive ketones (excluding diaryl/α,β-unsaturated/α-hetero) is 1. The average Bonchev–Trinajstić information content (AvgIpc) is 3.06. The summed E-state index contributed by atoms with van der Waals surface area (Å²) >= 11 is 0. The minimum Gasteiger partial charge on any atom is -0.496 e. The van der Waals surface area contributed by atoms with Crippen LogP contribution in [0, 0.1) is 0 Å². The zero-order chi connectivity index (χ0) is 23.4. The van der Waals surface area contributed by atoms with E-state index < -0.39 is 17.9 Å². The second-order valence-corrected chi connectivity index (χ2v) is 7.63. The number of ether oxygens (including phenoxy) is 3. The van der Waals surface area contributed by atoms with Crippen molar-refractivity contribution in [1.82, 2.24) is 0 Å². The Balaban J connectivity index is 1.55. The number of carbonyl (C=O) groups excluding carboxylic acids is 2. The first-order chi connectivity index (χ1) is 16.0. The molecule has 1 aliphatic heterocycles. The molecule has 1 heterocycles. The normalized spacial score (nSPS) is 16.9. The summed E-state index contributed by atoms with van der Waals surface area (Å²) in [7, 11) is 3.03. The van der Waals surface area contributed by atoms with E-state index in [0.717, 1.165) is 0 Å². The maximum Gasteiger partial charge on any atom is 0.264 e. The lowest BCUT2D eigenvalue weighted by atomic mass is 9.88. The summed E-state index contributed by atoms with van der Waals surface area (Å²) in [6, 6.07) is 20.9. The van der Waals surface area contributed by atoms with Crippen molar-refractivity contribution in [3.8, 4) is 17.2 Å². The molecular formula is C26H25NO6. The number of hydrogen-bond donors (Lipinski definition) is 1. The molecule has 170 valence electrons. The van der Waals surface area contributed by atoms with E-state index in [1.807, 2.05) is 12.1 Å². The van der Waals surface area contributed by atoms with Crippen molar-refractivity contribution in [3.63, 3.8) is 0 Å². The first-order valence-electron chi connectivity index (χ1n) is 10.6. The zero-order valence-electron chi connectivity index (χ0n) is 18.5. The lowest BCUT2D eigenvalue weighted by Gasteiger charge is -2.23. The third-order valence-electron chi connectivity index (χ3n) is 5.70. The quantitative estimate of drug-likeness (QED) is 0.505. The van der Waals surface area contributed by atoms with Crippen molar-refractivity contribution in [2.45, 2.75) is 12.0 Å². The number of aliphatic hydroxyl groups is 1. The molecule has 7 heteroatoms. The van der Waals surface area contributed by atoms with Crippen LogP contribution in [0.25, 0.3) is 0 Å². The molecule has 3 aromatic carbocycles. The Morgan fingerprint density at radius 1 is 0.879 bits per heavy atom. The topological polar surface area (TPSA) is 85.3 Å². The molecule has 0 aromatic heterocycles. The van der Waals surface area contributed by atoms with Gasteiger partial charge < -0.3 is 24.2 Å². The Morgan fingerprint density at radius 3 is 2.21 bits per heavy atom. The summed E-state index contributed by atoms with van der Waals surface area (Å²) in [4.78, 5) is 27.9. The van der Waals surface area contributed by atoms with Gasteiger partial charge in [0, 0.05) is 5.56 Å². The molecule has 0 unspecified atom stereocenters. The third kappa shape index (κ3) is 4.15. The highest BCUT2D eigenvalue weighted by atomic mass is 16.5. The molecule has 0 spiro atoms. The summed E-state index contributed by atoms with van der Waals surface area (Å²) in [5.41, 5.74) is -0.701. The van der Waals surface area contributed by atoms with Crippen LogP contribution >= 0.6 is 0 Å². The summed E-state index contributed by atoms with van der Waals surface area (Å²) in [5.74, 6) is 0.596. The minimum atomic E-state index is -1.97. The van der Waals surface area contributed by atoms with Crippen molar-refractivity contribution in [2.24, 2.45) is 0 Å². The highest BCUT2D eigenvalue weighted by Gasteiger charge is 2.50. The number of fused-ring (bicyclic) bond motifs is 1. The number of anilines is 1. The van der Waals surface area contributed by atoms with E-state index >= 15 is 0 Å². The van der Waals surface area contributed by atoms with Crippen LogP contribution in [-0.4, -0.2) is 44.2 Å². The largest absolute Gasteiger partial charge is 0.496 e. The molecule has 0 bridgehead atoms. The maximum atomic E-state index is 13.4. The Hall–Kier alpha value is -3.84. The summed E-state index contributed by atoms with van der Waals surface area (Å²) < 4.78 is 16.4. The summed E-state index contributed by atoms with van der Waals surface area (Å²) in [6.45, 7) is 0.371. The standard InChI is InChI=1S/C26H25NO6/c1-31-22-12-6-3-9-18(22)21(28)17-26(30)19-10-4-5-11-20(19)27(25(26)29)15-16-33-24-14-8-7-13-23(24)32-2/h3-14,30H,15-17H2,1-2H3/t26-/m1/s1. The molecule has 4 rings (SSSR count). The summed E-state index contributed by atoms with van der Waals surface area (Å²) in [5, 5.41) is 11.5. The van der Waals surface area contributed by atoms with Gasteiger partial charge in [0.1, 0.15) is 12.4 Å². The minimum absolute atomic E-state index is 0.178. The van der Waals surface area contributed by atoms with E-state index in [1.54, 1.807) is 67.8 Å². The number of ketones is 1. The Morgan fingerprint density at radius 2 is 1.48 bits per heavy atom. The van der Waals surface area contributed by atoms with Crippen LogP contribution in [0.5, 0.6) is 17.2 Å². The maximum absolute atomic E-state index is 13.4. The van der Waals surface area contributed by atoms with Crippen LogP contribution in [0.1, 0.15) is 22.3 Å². The average molecular weight is 447 g/mol. The molecule has 0 saturated carbocycles. The van der Waals surface area contributed by atoms with E-state index in [0.29, 0.717) is 34.1 Å². The molecule has 7 nitrogen and oxygen atoms in total.